The van der Waals surface area contributed by atoms with Gasteiger partial charge in [0, 0.05) is 12.5 Å². The van der Waals surface area contributed by atoms with E-state index in [0.29, 0.717) is 0 Å². The summed E-state index contributed by atoms with van der Waals surface area (Å²) in [6, 6.07) is 3.65. The SMILES string of the molecule is O=C(CCS(=O)(=O)c1ccc(Cl)c(C(=O)O)c1)NC1CC1. The van der Waals surface area contributed by atoms with E-state index in [9.17, 15) is 18.0 Å². The Bertz CT molecular complexity index is 682. The minimum atomic E-state index is -3.73. The van der Waals surface area contributed by atoms with E-state index in [1.54, 1.807) is 0 Å². The maximum absolute atomic E-state index is 12.1. The van der Waals surface area contributed by atoms with Gasteiger partial charge in [-0.3, -0.25) is 4.79 Å². The number of hydrogen-bond donors (Lipinski definition) is 2. The van der Waals surface area contributed by atoms with E-state index in [4.69, 9.17) is 16.7 Å². The van der Waals surface area contributed by atoms with Gasteiger partial charge in [0.1, 0.15) is 0 Å². The van der Waals surface area contributed by atoms with Gasteiger partial charge in [-0.1, -0.05) is 11.6 Å². The van der Waals surface area contributed by atoms with Crippen LogP contribution >= 0.6 is 11.6 Å². The third-order valence-corrected chi connectivity index (χ3v) is 5.11. The molecule has 8 heteroatoms. The van der Waals surface area contributed by atoms with Crippen LogP contribution in [-0.4, -0.2) is 37.2 Å². The Morgan fingerprint density at radius 1 is 1.33 bits per heavy atom. The summed E-state index contributed by atoms with van der Waals surface area (Å²) in [5.41, 5.74) is -0.278. The summed E-state index contributed by atoms with van der Waals surface area (Å²) in [6.45, 7) is 0. The van der Waals surface area contributed by atoms with Gasteiger partial charge in [-0.25, -0.2) is 13.2 Å². The fourth-order valence-corrected chi connectivity index (χ4v) is 3.20. The van der Waals surface area contributed by atoms with E-state index in [2.05, 4.69) is 5.32 Å². The van der Waals surface area contributed by atoms with Crippen LogP contribution in [0.25, 0.3) is 0 Å². The van der Waals surface area contributed by atoms with Crippen LogP contribution in [0.3, 0.4) is 0 Å². The molecule has 0 unspecified atom stereocenters. The van der Waals surface area contributed by atoms with Gasteiger partial charge >= 0.3 is 5.97 Å². The molecule has 1 aliphatic rings. The Morgan fingerprint density at radius 3 is 2.57 bits per heavy atom. The zero-order valence-electron chi connectivity index (χ0n) is 11.0. The number of carboxylic acid groups (broad SMARTS) is 1. The average molecular weight is 332 g/mol. The summed E-state index contributed by atoms with van der Waals surface area (Å²) in [5, 5.41) is 11.6. The lowest BCUT2D eigenvalue weighted by Crippen LogP contribution is -2.27. The van der Waals surface area contributed by atoms with Crippen molar-refractivity contribution in [2.75, 3.05) is 5.75 Å². The van der Waals surface area contributed by atoms with Crippen LogP contribution in [-0.2, 0) is 14.6 Å². The van der Waals surface area contributed by atoms with E-state index in [-0.39, 0.29) is 39.6 Å². The monoisotopic (exact) mass is 331 g/mol. The molecule has 2 rings (SSSR count). The van der Waals surface area contributed by atoms with E-state index in [1.807, 2.05) is 0 Å². The molecule has 1 saturated carbocycles. The Labute approximate surface area is 127 Å². The summed E-state index contributed by atoms with van der Waals surface area (Å²) in [7, 11) is -3.73. The number of sulfone groups is 1. The van der Waals surface area contributed by atoms with Crippen LogP contribution in [0.4, 0.5) is 0 Å². The number of benzene rings is 1. The third kappa shape index (κ3) is 4.18. The van der Waals surface area contributed by atoms with Crippen molar-refractivity contribution in [3.8, 4) is 0 Å². The predicted octanol–water partition coefficient (Wildman–Crippen LogP) is 1.48. The highest BCUT2D eigenvalue weighted by molar-refractivity contribution is 7.91. The molecule has 21 heavy (non-hydrogen) atoms. The molecule has 1 aromatic rings. The number of nitrogens with one attached hydrogen (secondary N) is 1. The molecule has 1 amide bonds. The first-order valence-corrected chi connectivity index (χ1v) is 8.37. The first-order chi connectivity index (χ1) is 9.79. The molecule has 0 heterocycles. The Balaban J connectivity index is 2.09. The highest BCUT2D eigenvalue weighted by atomic mass is 35.5. The van der Waals surface area contributed by atoms with Crippen LogP contribution in [0.15, 0.2) is 23.1 Å². The molecular weight excluding hydrogens is 318 g/mol. The molecule has 0 radical (unpaired) electrons. The second kappa shape index (κ2) is 6.03. The molecule has 0 aromatic heterocycles. The fourth-order valence-electron chi connectivity index (χ4n) is 1.73. The van der Waals surface area contributed by atoms with Crippen molar-refractivity contribution in [1.82, 2.24) is 5.32 Å². The molecule has 6 nitrogen and oxygen atoms in total. The quantitative estimate of drug-likeness (QED) is 0.822. The third-order valence-electron chi connectivity index (χ3n) is 3.07. The van der Waals surface area contributed by atoms with Crippen LogP contribution < -0.4 is 5.32 Å². The maximum atomic E-state index is 12.1. The summed E-state index contributed by atoms with van der Waals surface area (Å²) in [6.07, 6.45) is 1.71. The van der Waals surface area contributed by atoms with Crippen LogP contribution in [0.5, 0.6) is 0 Å². The molecule has 1 aliphatic carbocycles. The van der Waals surface area contributed by atoms with Crippen molar-refractivity contribution in [1.29, 1.82) is 0 Å². The van der Waals surface area contributed by atoms with Gasteiger partial charge in [0.2, 0.25) is 5.91 Å². The lowest BCUT2D eigenvalue weighted by Gasteiger charge is -2.07. The largest absolute Gasteiger partial charge is 0.478 e. The standard InChI is InChI=1S/C13H14ClNO5S/c14-11-4-3-9(7-10(11)13(17)18)21(19,20)6-5-12(16)15-8-1-2-8/h3-4,7-8H,1-2,5-6H2,(H,15,16)(H,17,18). The van der Waals surface area contributed by atoms with Gasteiger partial charge in [-0.05, 0) is 31.0 Å². The zero-order valence-corrected chi connectivity index (χ0v) is 12.6. The number of amides is 1. The van der Waals surface area contributed by atoms with E-state index >= 15 is 0 Å². The molecule has 114 valence electrons. The first kappa shape index (κ1) is 15.8. The van der Waals surface area contributed by atoms with Crippen molar-refractivity contribution in [3.63, 3.8) is 0 Å². The van der Waals surface area contributed by atoms with Crippen LogP contribution in [0, 0.1) is 0 Å². The van der Waals surface area contributed by atoms with Crippen molar-refractivity contribution >= 4 is 33.3 Å². The van der Waals surface area contributed by atoms with Crippen LogP contribution in [0.2, 0.25) is 5.02 Å². The normalized spacial score (nSPS) is 14.7. The molecule has 2 N–H and O–H groups in total. The molecular formula is C13H14ClNO5S. The minimum Gasteiger partial charge on any atom is -0.478 e. The van der Waals surface area contributed by atoms with Crippen molar-refractivity contribution < 1.29 is 23.1 Å². The number of aromatic carboxylic acids is 1. The number of carbonyl (C=O) groups is 2. The van der Waals surface area contributed by atoms with Gasteiger partial charge in [0.15, 0.2) is 9.84 Å². The molecule has 0 atom stereocenters. The minimum absolute atomic E-state index is 0.0343. The summed E-state index contributed by atoms with van der Waals surface area (Å²) < 4.78 is 24.2. The lowest BCUT2D eigenvalue weighted by molar-refractivity contribution is -0.120. The number of carboxylic acids is 1. The average Bonchev–Trinajstić information content (AvgIpc) is 3.20. The second-order valence-electron chi connectivity index (χ2n) is 4.86. The van der Waals surface area contributed by atoms with Gasteiger partial charge in [0.25, 0.3) is 0 Å². The predicted molar refractivity (Wildman–Crippen MR) is 76.2 cm³/mol. The van der Waals surface area contributed by atoms with Gasteiger partial charge in [-0.2, -0.15) is 0 Å². The number of hydrogen-bond acceptors (Lipinski definition) is 4. The zero-order chi connectivity index (χ0) is 15.6. The number of rotatable bonds is 6. The second-order valence-corrected chi connectivity index (χ2v) is 7.37. The molecule has 0 bridgehead atoms. The van der Waals surface area contributed by atoms with E-state index < -0.39 is 15.8 Å². The van der Waals surface area contributed by atoms with Gasteiger partial charge in [0.05, 0.1) is 21.2 Å². The van der Waals surface area contributed by atoms with Gasteiger partial charge in [-0.15, -0.1) is 0 Å². The summed E-state index contributed by atoms with van der Waals surface area (Å²) >= 11 is 5.69. The first-order valence-electron chi connectivity index (χ1n) is 6.34. The summed E-state index contributed by atoms with van der Waals surface area (Å²) in [4.78, 5) is 22.3. The van der Waals surface area contributed by atoms with Crippen molar-refractivity contribution in [2.45, 2.75) is 30.2 Å². The summed E-state index contributed by atoms with van der Waals surface area (Å²) in [5.74, 6) is -1.98. The molecule has 1 aromatic carbocycles. The Morgan fingerprint density at radius 2 is 2.00 bits per heavy atom. The molecule has 1 fully saturated rings. The Hall–Kier alpha value is -1.60. The number of halogens is 1. The van der Waals surface area contributed by atoms with Crippen molar-refractivity contribution in [3.05, 3.63) is 28.8 Å². The highest BCUT2D eigenvalue weighted by Crippen LogP contribution is 2.22. The lowest BCUT2D eigenvalue weighted by atomic mass is 10.2. The highest BCUT2D eigenvalue weighted by Gasteiger charge is 2.25. The van der Waals surface area contributed by atoms with Gasteiger partial charge < -0.3 is 10.4 Å². The van der Waals surface area contributed by atoms with E-state index in [0.717, 1.165) is 18.9 Å². The molecule has 0 spiro atoms. The number of carbonyl (C=O) groups excluding carboxylic acids is 1. The topological polar surface area (TPSA) is 101 Å². The van der Waals surface area contributed by atoms with Crippen LogP contribution in [0.1, 0.15) is 29.6 Å². The molecule has 0 aliphatic heterocycles. The van der Waals surface area contributed by atoms with Crippen molar-refractivity contribution in [2.24, 2.45) is 0 Å². The smallest absolute Gasteiger partial charge is 0.337 e. The molecule has 0 saturated heterocycles. The van der Waals surface area contributed by atoms with E-state index in [1.165, 1.54) is 12.1 Å². The fraction of sp³-hybridized carbons (Fsp3) is 0.385. The maximum Gasteiger partial charge on any atom is 0.337 e. The Kier molecular flexibility index (Phi) is 4.53.